The number of aryl methyl sites for hydroxylation is 1. The van der Waals surface area contributed by atoms with Crippen LogP contribution in [-0.4, -0.2) is 50.7 Å². The first kappa shape index (κ1) is 20.7. The second kappa shape index (κ2) is 8.56. The molecular formula is C19H20BrN5O4. The van der Waals surface area contributed by atoms with Gasteiger partial charge in [0, 0.05) is 16.8 Å². The van der Waals surface area contributed by atoms with Crippen molar-refractivity contribution in [1.29, 1.82) is 0 Å². The molecule has 0 fully saturated rings. The lowest BCUT2D eigenvalue weighted by atomic mass is 9.99. The lowest BCUT2D eigenvalue weighted by Gasteiger charge is -2.06. The van der Waals surface area contributed by atoms with Crippen LogP contribution in [-0.2, 0) is 16.1 Å². The Morgan fingerprint density at radius 3 is 2.69 bits per heavy atom. The summed E-state index contributed by atoms with van der Waals surface area (Å²) in [5.74, 6) is 0.360. The van der Waals surface area contributed by atoms with Crippen molar-refractivity contribution in [3.8, 4) is 17.3 Å². The van der Waals surface area contributed by atoms with E-state index in [9.17, 15) is 9.59 Å². The van der Waals surface area contributed by atoms with Crippen molar-refractivity contribution in [2.75, 3.05) is 13.7 Å². The number of methoxy groups -OCH3 is 1. The molecule has 0 aliphatic heterocycles. The number of H-pyrrole nitrogens is 1. The van der Waals surface area contributed by atoms with Crippen LogP contribution in [0, 0.1) is 13.8 Å². The number of aromatic amines is 1. The van der Waals surface area contributed by atoms with Crippen molar-refractivity contribution in [3.63, 3.8) is 0 Å². The van der Waals surface area contributed by atoms with E-state index in [0.29, 0.717) is 44.1 Å². The number of ketones is 1. The van der Waals surface area contributed by atoms with Gasteiger partial charge in [0.1, 0.15) is 5.75 Å². The maximum atomic E-state index is 13.1. The van der Waals surface area contributed by atoms with E-state index >= 15 is 0 Å². The van der Waals surface area contributed by atoms with E-state index in [1.54, 1.807) is 32.2 Å². The SMILES string of the molecule is CCOC(=O)Cn1nnc(-c2[nH]c(C)c(C(=O)c3ccc(OC)c(Br)c3)c2C)n1. The van der Waals surface area contributed by atoms with E-state index in [0.717, 1.165) is 4.80 Å². The molecule has 0 aliphatic rings. The van der Waals surface area contributed by atoms with Crippen LogP contribution >= 0.6 is 15.9 Å². The third kappa shape index (κ3) is 4.21. The average Bonchev–Trinajstić information content (AvgIpc) is 3.25. The summed E-state index contributed by atoms with van der Waals surface area (Å²) < 4.78 is 10.8. The molecule has 0 spiro atoms. The molecule has 0 saturated heterocycles. The van der Waals surface area contributed by atoms with Crippen molar-refractivity contribution < 1.29 is 19.1 Å². The number of halogens is 1. The lowest BCUT2D eigenvalue weighted by Crippen LogP contribution is -2.15. The van der Waals surface area contributed by atoms with Crippen molar-refractivity contribution in [2.24, 2.45) is 0 Å². The minimum atomic E-state index is -0.447. The van der Waals surface area contributed by atoms with Gasteiger partial charge in [-0.25, -0.2) is 4.79 Å². The Bertz CT molecular complexity index is 1070. The Hall–Kier alpha value is -3.01. The molecule has 0 bridgehead atoms. The molecule has 0 amide bonds. The zero-order valence-electron chi connectivity index (χ0n) is 16.4. The highest BCUT2D eigenvalue weighted by Crippen LogP contribution is 2.30. The molecule has 1 aromatic carbocycles. The quantitative estimate of drug-likeness (QED) is 0.425. The summed E-state index contributed by atoms with van der Waals surface area (Å²) >= 11 is 3.41. The van der Waals surface area contributed by atoms with Crippen molar-refractivity contribution in [1.82, 2.24) is 25.2 Å². The molecule has 0 unspecified atom stereocenters. The molecule has 0 saturated carbocycles. The zero-order chi connectivity index (χ0) is 21.1. The summed E-state index contributed by atoms with van der Waals surface area (Å²) in [7, 11) is 1.57. The van der Waals surface area contributed by atoms with E-state index < -0.39 is 5.97 Å². The Kier molecular flexibility index (Phi) is 6.12. The number of carbonyl (C=O) groups excluding carboxylic acids is 2. The van der Waals surface area contributed by atoms with Crippen LogP contribution in [0.25, 0.3) is 11.5 Å². The molecule has 3 rings (SSSR count). The highest BCUT2D eigenvalue weighted by molar-refractivity contribution is 9.10. The minimum Gasteiger partial charge on any atom is -0.496 e. The van der Waals surface area contributed by atoms with Crippen LogP contribution in [0.1, 0.15) is 34.1 Å². The number of carbonyl (C=O) groups is 2. The number of esters is 1. The number of rotatable bonds is 7. The number of benzene rings is 1. The second-order valence-corrected chi connectivity index (χ2v) is 7.11. The lowest BCUT2D eigenvalue weighted by molar-refractivity contribution is -0.144. The predicted octanol–water partition coefficient (Wildman–Crippen LogP) is 2.85. The smallest absolute Gasteiger partial charge is 0.329 e. The third-order valence-corrected chi connectivity index (χ3v) is 4.95. The topological polar surface area (TPSA) is 112 Å². The molecule has 0 aliphatic carbocycles. The number of nitrogens with one attached hydrogen (secondary N) is 1. The molecule has 0 atom stereocenters. The predicted molar refractivity (Wildman–Crippen MR) is 108 cm³/mol. The molecule has 152 valence electrons. The fourth-order valence-corrected chi connectivity index (χ4v) is 3.54. The highest BCUT2D eigenvalue weighted by Gasteiger charge is 2.23. The fourth-order valence-electron chi connectivity index (χ4n) is 3.00. The van der Waals surface area contributed by atoms with Crippen LogP contribution in [0.15, 0.2) is 22.7 Å². The van der Waals surface area contributed by atoms with Crippen LogP contribution in [0.5, 0.6) is 5.75 Å². The summed E-state index contributed by atoms with van der Waals surface area (Å²) in [5.41, 5.74) is 3.03. The summed E-state index contributed by atoms with van der Waals surface area (Å²) in [6.07, 6.45) is 0. The van der Waals surface area contributed by atoms with Gasteiger partial charge in [-0.3, -0.25) is 4.79 Å². The first-order valence-electron chi connectivity index (χ1n) is 8.86. The summed E-state index contributed by atoms with van der Waals surface area (Å²) in [5, 5.41) is 12.1. The van der Waals surface area contributed by atoms with Crippen LogP contribution in [0.2, 0.25) is 0 Å². The van der Waals surface area contributed by atoms with Gasteiger partial charge < -0.3 is 14.5 Å². The third-order valence-electron chi connectivity index (χ3n) is 4.33. The molecular weight excluding hydrogens is 442 g/mol. The normalized spacial score (nSPS) is 10.8. The monoisotopic (exact) mass is 461 g/mol. The molecule has 10 heteroatoms. The highest BCUT2D eigenvalue weighted by atomic mass is 79.9. The van der Waals surface area contributed by atoms with Crippen molar-refractivity contribution >= 4 is 27.7 Å². The molecule has 2 heterocycles. The van der Waals surface area contributed by atoms with Gasteiger partial charge >= 0.3 is 5.97 Å². The van der Waals surface area contributed by atoms with Crippen LogP contribution in [0.4, 0.5) is 0 Å². The average molecular weight is 462 g/mol. The van der Waals surface area contributed by atoms with Crippen molar-refractivity contribution in [3.05, 3.63) is 45.1 Å². The first-order valence-corrected chi connectivity index (χ1v) is 9.66. The van der Waals surface area contributed by atoms with E-state index in [1.165, 1.54) is 0 Å². The molecule has 9 nitrogen and oxygen atoms in total. The number of hydrogen-bond acceptors (Lipinski definition) is 7. The minimum absolute atomic E-state index is 0.134. The Balaban J connectivity index is 1.91. The van der Waals surface area contributed by atoms with Gasteiger partial charge in [0.2, 0.25) is 5.82 Å². The number of tetrazole rings is 1. The largest absolute Gasteiger partial charge is 0.496 e. The van der Waals surface area contributed by atoms with Gasteiger partial charge in [0.05, 0.1) is 23.9 Å². The molecule has 29 heavy (non-hydrogen) atoms. The molecule has 1 N–H and O–H groups in total. The maximum absolute atomic E-state index is 13.1. The molecule has 3 aromatic rings. The van der Waals surface area contributed by atoms with E-state index in [2.05, 4.69) is 36.3 Å². The van der Waals surface area contributed by atoms with E-state index in [1.807, 2.05) is 13.8 Å². The Morgan fingerprint density at radius 1 is 1.28 bits per heavy atom. The number of ether oxygens (including phenoxy) is 2. The van der Waals surface area contributed by atoms with Crippen LogP contribution in [0.3, 0.4) is 0 Å². The molecule has 2 aromatic heterocycles. The Morgan fingerprint density at radius 2 is 2.03 bits per heavy atom. The maximum Gasteiger partial charge on any atom is 0.329 e. The fraction of sp³-hybridized carbons (Fsp3) is 0.316. The van der Waals surface area contributed by atoms with Gasteiger partial charge in [-0.1, -0.05) is 0 Å². The second-order valence-electron chi connectivity index (χ2n) is 6.25. The number of hydrogen-bond donors (Lipinski definition) is 1. The summed E-state index contributed by atoms with van der Waals surface area (Å²) in [4.78, 5) is 29.0. The standard InChI is InChI=1S/C19H20BrN5O4/c1-5-29-15(26)9-25-23-19(22-24-25)17-10(2)16(11(3)21-17)18(27)12-6-7-14(28-4)13(20)8-12/h6-8,21H,5,9H2,1-4H3. The van der Waals surface area contributed by atoms with Gasteiger partial charge in [-0.05, 0) is 65.7 Å². The van der Waals surface area contributed by atoms with Gasteiger partial charge in [-0.2, -0.15) is 4.80 Å². The Labute approximate surface area is 175 Å². The number of aromatic nitrogens is 5. The van der Waals surface area contributed by atoms with Gasteiger partial charge in [-0.15, -0.1) is 10.2 Å². The van der Waals surface area contributed by atoms with Gasteiger partial charge in [0.25, 0.3) is 0 Å². The number of nitrogens with zero attached hydrogens (tertiary/aromatic N) is 4. The van der Waals surface area contributed by atoms with E-state index in [4.69, 9.17) is 9.47 Å². The van der Waals surface area contributed by atoms with Crippen molar-refractivity contribution in [2.45, 2.75) is 27.3 Å². The summed E-state index contributed by atoms with van der Waals surface area (Å²) in [6, 6.07) is 5.17. The van der Waals surface area contributed by atoms with Gasteiger partial charge in [0.15, 0.2) is 12.3 Å². The summed E-state index contributed by atoms with van der Waals surface area (Å²) in [6.45, 7) is 5.50. The molecule has 0 radical (unpaired) electrons. The zero-order valence-corrected chi connectivity index (χ0v) is 18.0. The first-order chi connectivity index (χ1) is 13.8. The van der Waals surface area contributed by atoms with E-state index in [-0.39, 0.29) is 18.9 Å². The van der Waals surface area contributed by atoms with Crippen LogP contribution < -0.4 is 4.74 Å².